The van der Waals surface area contributed by atoms with Crippen LogP contribution >= 0.6 is 0 Å². The number of aromatic nitrogens is 1. The van der Waals surface area contributed by atoms with Crippen molar-refractivity contribution in [2.75, 3.05) is 17.7 Å². The van der Waals surface area contributed by atoms with E-state index in [1.54, 1.807) is 60.8 Å². The minimum atomic E-state index is -0.343. The fourth-order valence-corrected chi connectivity index (χ4v) is 2.51. The number of benzene rings is 2. The first-order chi connectivity index (χ1) is 13.5. The van der Waals surface area contributed by atoms with Crippen molar-refractivity contribution in [2.45, 2.75) is 6.92 Å². The first-order valence-corrected chi connectivity index (χ1v) is 8.51. The number of methoxy groups -OCH3 is 1. The lowest BCUT2D eigenvalue weighted by molar-refractivity contribution is -0.114. The molecule has 0 bridgehead atoms. The average molecular weight is 377 g/mol. The van der Waals surface area contributed by atoms with E-state index in [-0.39, 0.29) is 11.8 Å². The normalized spacial score (nSPS) is 10.1. The minimum absolute atomic E-state index is 0.207. The number of nitrogens with zero attached hydrogens (tertiary/aromatic N) is 1. The van der Waals surface area contributed by atoms with E-state index in [4.69, 9.17) is 9.47 Å². The van der Waals surface area contributed by atoms with Crippen molar-refractivity contribution in [3.8, 4) is 17.4 Å². The highest BCUT2D eigenvalue weighted by molar-refractivity contribution is 6.05. The molecule has 0 fully saturated rings. The van der Waals surface area contributed by atoms with Crippen LogP contribution in [0.1, 0.15) is 17.3 Å². The van der Waals surface area contributed by atoms with Gasteiger partial charge in [-0.3, -0.25) is 9.59 Å². The Kier molecular flexibility index (Phi) is 5.86. The Morgan fingerprint density at radius 3 is 2.54 bits per heavy atom. The average Bonchev–Trinajstić information content (AvgIpc) is 2.69. The summed E-state index contributed by atoms with van der Waals surface area (Å²) in [5, 5.41) is 5.47. The Bertz CT molecular complexity index is 990. The van der Waals surface area contributed by atoms with Gasteiger partial charge in [0.15, 0.2) is 0 Å². The molecule has 0 atom stereocenters. The summed E-state index contributed by atoms with van der Waals surface area (Å²) in [6.07, 6.45) is 1.63. The lowest BCUT2D eigenvalue weighted by Gasteiger charge is -2.13. The third-order valence-electron chi connectivity index (χ3n) is 3.72. The number of hydrogen-bond donors (Lipinski definition) is 2. The molecule has 2 amide bonds. The second-order valence-corrected chi connectivity index (χ2v) is 5.85. The van der Waals surface area contributed by atoms with Crippen molar-refractivity contribution < 1.29 is 19.1 Å². The summed E-state index contributed by atoms with van der Waals surface area (Å²) in [7, 11) is 1.50. The number of ether oxygens (including phenoxy) is 2. The lowest BCUT2D eigenvalue weighted by atomic mass is 10.2. The number of carbonyl (C=O) groups is 2. The van der Waals surface area contributed by atoms with Crippen LogP contribution in [0.2, 0.25) is 0 Å². The SMILES string of the molecule is COc1ccc(NC(C)=O)cc1NC(=O)c1cccc(Oc2ccccn2)c1. The third-order valence-corrected chi connectivity index (χ3v) is 3.72. The molecule has 0 saturated heterocycles. The highest BCUT2D eigenvalue weighted by Gasteiger charge is 2.12. The van der Waals surface area contributed by atoms with E-state index in [1.165, 1.54) is 14.0 Å². The molecule has 0 saturated carbocycles. The van der Waals surface area contributed by atoms with Gasteiger partial charge in [0.1, 0.15) is 11.5 Å². The van der Waals surface area contributed by atoms with Gasteiger partial charge in [-0.2, -0.15) is 0 Å². The molecule has 0 spiro atoms. The Morgan fingerprint density at radius 2 is 1.82 bits per heavy atom. The molecule has 0 radical (unpaired) electrons. The fraction of sp³-hybridized carbons (Fsp3) is 0.0952. The van der Waals surface area contributed by atoms with Crippen molar-refractivity contribution in [2.24, 2.45) is 0 Å². The number of carbonyl (C=O) groups excluding carboxylic acids is 2. The van der Waals surface area contributed by atoms with Crippen molar-refractivity contribution in [3.63, 3.8) is 0 Å². The van der Waals surface area contributed by atoms with Crippen LogP contribution in [0.25, 0.3) is 0 Å². The van der Waals surface area contributed by atoms with Gasteiger partial charge in [0.2, 0.25) is 11.8 Å². The molecule has 0 aliphatic heterocycles. The number of anilines is 2. The molecule has 3 rings (SSSR count). The number of amides is 2. The maximum absolute atomic E-state index is 12.7. The molecule has 0 aliphatic rings. The van der Waals surface area contributed by atoms with Gasteiger partial charge >= 0.3 is 0 Å². The van der Waals surface area contributed by atoms with E-state index < -0.39 is 0 Å². The molecule has 3 aromatic rings. The van der Waals surface area contributed by atoms with E-state index in [2.05, 4.69) is 15.6 Å². The summed E-state index contributed by atoms with van der Waals surface area (Å²) in [6, 6.07) is 17.1. The van der Waals surface area contributed by atoms with E-state index in [0.717, 1.165) is 0 Å². The highest BCUT2D eigenvalue weighted by atomic mass is 16.5. The van der Waals surface area contributed by atoms with Crippen molar-refractivity contribution >= 4 is 23.2 Å². The first kappa shape index (κ1) is 18.9. The standard InChI is InChI=1S/C21H19N3O4/c1-14(25)23-16-9-10-19(27-2)18(13-16)24-21(26)15-6-5-7-17(12-15)28-20-8-3-4-11-22-20/h3-13H,1-2H3,(H,23,25)(H,24,26). The second kappa shape index (κ2) is 8.68. The molecule has 142 valence electrons. The quantitative estimate of drug-likeness (QED) is 0.675. The molecular formula is C21H19N3O4. The zero-order chi connectivity index (χ0) is 19.9. The number of pyridine rings is 1. The summed E-state index contributed by atoms with van der Waals surface area (Å²) < 4.78 is 10.9. The minimum Gasteiger partial charge on any atom is -0.495 e. The number of nitrogens with one attached hydrogen (secondary N) is 2. The smallest absolute Gasteiger partial charge is 0.255 e. The maximum Gasteiger partial charge on any atom is 0.255 e. The summed E-state index contributed by atoms with van der Waals surface area (Å²) in [4.78, 5) is 28.1. The van der Waals surface area contributed by atoms with Gasteiger partial charge in [-0.25, -0.2) is 4.98 Å². The Balaban J connectivity index is 1.79. The van der Waals surface area contributed by atoms with E-state index >= 15 is 0 Å². The van der Waals surface area contributed by atoms with E-state index in [1.807, 2.05) is 6.07 Å². The molecule has 0 unspecified atom stereocenters. The lowest BCUT2D eigenvalue weighted by Crippen LogP contribution is -2.13. The zero-order valence-electron chi connectivity index (χ0n) is 15.4. The third kappa shape index (κ3) is 4.85. The van der Waals surface area contributed by atoms with Gasteiger partial charge in [0.25, 0.3) is 5.91 Å². The van der Waals surface area contributed by atoms with Gasteiger partial charge in [0.05, 0.1) is 12.8 Å². The van der Waals surface area contributed by atoms with Crippen LogP contribution in [-0.2, 0) is 4.79 Å². The molecule has 7 heteroatoms. The maximum atomic E-state index is 12.7. The predicted molar refractivity (Wildman–Crippen MR) is 106 cm³/mol. The van der Waals surface area contributed by atoms with Gasteiger partial charge in [-0.1, -0.05) is 12.1 Å². The van der Waals surface area contributed by atoms with Crippen LogP contribution in [0.15, 0.2) is 66.9 Å². The number of hydrogen-bond acceptors (Lipinski definition) is 5. The monoisotopic (exact) mass is 377 g/mol. The molecule has 2 aromatic carbocycles. The van der Waals surface area contributed by atoms with Gasteiger partial charge in [-0.05, 0) is 42.5 Å². The topological polar surface area (TPSA) is 89.6 Å². The van der Waals surface area contributed by atoms with Crippen LogP contribution < -0.4 is 20.1 Å². The Morgan fingerprint density at radius 1 is 0.964 bits per heavy atom. The van der Waals surface area contributed by atoms with Crippen LogP contribution in [0.3, 0.4) is 0 Å². The fourth-order valence-electron chi connectivity index (χ4n) is 2.51. The van der Waals surface area contributed by atoms with Crippen LogP contribution in [0.5, 0.6) is 17.4 Å². The highest BCUT2D eigenvalue weighted by Crippen LogP contribution is 2.29. The van der Waals surface area contributed by atoms with Crippen molar-refractivity contribution in [1.29, 1.82) is 0 Å². The van der Waals surface area contributed by atoms with Crippen LogP contribution in [-0.4, -0.2) is 23.9 Å². The predicted octanol–water partition coefficient (Wildman–Crippen LogP) is 4.09. The summed E-state index contributed by atoms with van der Waals surface area (Å²) in [5.74, 6) is 0.852. The van der Waals surface area contributed by atoms with E-state index in [0.29, 0.717) is 34.3 Å². The molecule has 1 heterocycles. The molecule has 28 heavy (non-hydrogen) atoms. The largest absolute Gasteiger partial charge is 0.495 e. The first-order valence-electron chi connectivity index (χ1n) is 8.51. The number of rotatable bonds is 6. The molecular weight excluding hydrogens is 358 g/mol. The van der Waals surface area contributed by atoms with Gasteiger partial charge in [0, 0.05) is 30.4 Å². The molecule has 7 nitrogen and oxygen atoms in total. The van der Waals surface area contributed by atoms with Crippen molar-refractivity contribution in [3.05, 3.63) is 72.4 Å². The zero-order valence-corrected chi connectivity index (χ0v) is 15.4. The summed E-state index contributed by atoms with van der Waals surface area (Å²) in [6.45, 7) is 1.41. The Hall–Kier alpha value is -3.87. The van der Waals surface area contributed by atoms with Crippen LogP contribution in [0, 0.1) is 0 Å². The van der Waals surface area contributed by atoms with Crippen LogP contribution in [0.4, 0.5) is 11.4 Å². The molecule has 0 aliphatic carbocycles. The summed E-state index contributed by atoms with van der Waals surface area (Å²) in [5.41, 5.74) is 1.39. The summed E-state index contributed by atoms with van der Waals surface area (Å²) >= 11 is 0. The molecule has 1 aromatic heterocycles. The van der Waals surface area contributed by atoms with Gasteiger partial charge in [-0.15, -0.1) is 0 Å². The molecule has 2 N–H and O–H groups in total. The Labute approximate surface area is 162 Å². The van der Waals surface area contributed by atoms with Gasteiger partial charge < -0.3 is 20.1 Å². The second-order valence-electron chi connectivity index (χ2n) is 5.85. The van der Waals surface area contributed by atoms with E-state index in [9.17, 15) is 9.59 Å². The van der Waals surface area contributed by atoms with Crippen molar-refractivity contribution in [1.82, 2.24) is 4.98 Å².